The molecule has 0 amide bonds. The van der Waals surface area contributed by atoms with Gasteiger partial charge in [-0.05, 0) is 12.1 Å². The average molecular weight is 585 g/mol. The Morgan fingerprint density at radius 3 is 1.46 bits per heavy atom. The second-order valence-corrected chi connectivity index (χ2v) is 7.01. The second-order valence-electron chi connectivity index (χ2n) is 7.01. The van der Waals surface area contributed by atoms with Crippen molar-refractivity contribution in [3.8, 4) is 5.75 Å². The molecule has 4 nitrogen and oxygen atoms in total. The van der Waals surface area contributed by atoms with Crippen LogP contribution in [0.1, 0.15) is 6.42 Å². The van der Waals surface area contributed by atoms with Crippen LogP contribution in [0.4, 0.5) is 74.6 Å². The first kappa shape index (κ1) is 32.8. The van der Waals surface area contributed by atoms with Gasteiger partial charge in [0.15, 0.2) is 0 Å². The van der Waals surface area contributed by atoms with Crippen LogP contribution in [0.2, 0.25) is 0 Å². The first-order chi connectivity index (χ1) is 16.1. The van der Waals surface area contributed by atoms with Gasteiger partial charge in [0.2, 0.25) is 0 Å². The number of alkyl halides is 17. The zero-order valence-electron chi connectivity index (χ0n) is 16.9. The zero-order chi connectivity index (χ0) is 29.7. The lowest BCUT2D eigenvalue weighted by atomic mass is 9.85. The van der Waals surface area contributed by atoms with E-state index in [0.29, 0.717) is 6.07 Å². The minimum Gasteiger partial charge on any atom is -0.492 e. The van der Waals surface area contributed by atoms with Crippen molar-refractivity contribution in [3.63, 3.8) is 0 Å². The van der Waals surface area contributed by atoms with Gasteiger partial charge in [-0.2, -0.15) is 74.6 Å². The van der Waals surface area contributed by atoms with E-state index >= 15 is 0 Å². The maximum Gasteiger partial charge on any atom is 0.512 e. The number of rotatable bonds is 11. The molecule has 0 fully saturated rings. The van der Waals surface area contributed by atoms with Crippen molar-refractivity contribution in [1.29, 1.82) is 0 Å². The van der Waals surface area contributed by atoms with Crippen LogP contribution >= 0.6 is 0 Å². The van der Waals surface area contributed by atoms with E-state index in [1.54, 1.807) is 0 Å². The molecule has 1 rings (SSSR count). The SMILES string of the molecule is OB(O)c1ncccc1OCCC(F)(F)C(F)(F)C(F)(F)C(F)(F)C(F)(F)C(F)(F)C(F)(F)C(F)(F)F. The molecule has 0 aliphatic rings. The largest absolute Gasteiger partial charge is 0.512 e. The highest BCUT2D eigenvalue weighted by atomic mass is 19.4. The van der Waals surface area contributed by atoms with Crippen molar-refractivity contribution in [3.05, 3.63) is 18.3 Å². The molecule has 0 saturated heterocycles. The first-order valence-electron chi connectivity index (χ1n) is 8.80. The van der Waals surface area contributed by atoms with Crippen LogP contribution in [-0.4, -0.2) is 76.4 Å². The van der Waals surface area contributed by atoms with Crippen molar-refractivity contribution in [2.75, 3.05) is 6.61 Å². The number of nitrogens with zero attached hydrogens (tertiary/aromatic N) is 1. The maximum atomic E-state index is 13.8. The molecule has 0 aliphatic carbocycles. The highest BCUT2D eigenvalue weighted by Gasteiger charge is 2.95. The van der Waals surface area contributed by atoms with Crippen molar-refractivity contribution in [2.24, 2.45) is 0 Å². The van der Waals surface area contributed by atoms with E-state index in [1.165, 1.54) is 0 Å². The van der Waals surface area contributed by atoms with Gasteiger partial charge in [0.25, 0.3) is 0 Å². The number of halogens is 17. The van der Waals surface area contributed by atoms with Gasteiger partial charge >= 0.3 is 54.8 Å². The summed E-state index contributed by atoms with van der Waals surface area (Å²) in [5, 5.41) is 17.9. The van der Waals surface area contributed by atoms with Crippen molar-refractivity contribution >= 4 is 12.7 Å². The average Bonchev–Trinajstić information content (AvgIpc) is 2.72. The summed E-state index contributed by atoms with van der Waals surface area (Å²) < 4.78 is 228. The molecule has 1 aromatic heterocycles. The molecule has 0 radical (unpaired) electrons. The molecular formula is C15H9BF17NO3. The Bertz CT molecular complexity index is 950. The number of ether oxygens (including phenoxy) is 1. The van der Waals surface area contributed by atoms with E-state index in [9.17, 15) is 74.6 Å². The van der Waals surface area contributed by atoms with Crippen LogP contribution in [0.25, 0.3) is 0 Å². The smallest absolute Gasteiger partial charge is 0.492 e. The molecule has 0 aromatic carbocycles. The monoisotopic (exact) mass is 585 g/mol. The minimum atomic E-state index is -8.69. The van der Waals surface area contributed by atoms with E-state index in [1.807, 2.05) is 0 Å². The Hall–Kier alpha value is -2.26. The number of aromatic nitrogens is 1. The van der Waals surface area contributed by atoms with Crippen LogP contribution < -0.4 is 10.3 Å². The third kappa shape index (κ3) is 4.97. The fourth-order valence-electron chi connectivity index (χ4n) is 2.36. The van der Waals surface area contributed by atoms with Gasteiger partial charge in [0, 0.05) is 6.20 Å². The van der Waals surface area contributed by atoms with Gasteiger partial charge in [0.05, 0.1) is 13.0 Å². The van der Waals surface area contributed by atoms with Crippen molar-refractivity contribution in [2.45, 2.75) is 54.1 Å². The Kier molecular flexibility index (Phi) is 8.41. The highest BCUT2D eigenvalue weighted by molar-refractivity contribution is 6.58. The van der Waals surface area contributed by atoms with E-state index in [0.717, 1.165) is 12.3 Å². The minimum absolute atomic E-state index is 0.699. The summed E-state index contributed by atoms with van der Waals surface area (Å²) in [6, 6.07) is 1.60. The fourth-order valence-corrected chi connectivity index (χ4v) is 2.36. The Morgan fingerprint density at radius 2 is 1.05 bits per heavy atom. The summed E-state index contributed by atoms with van der Waals surface area (Å²) in [5.74, 6) is -57.8. The standard InChI is InChI=1S/C15H9BF17NO3/c17-8(18,3-5-37-6-2-1-4-34-7(6)16(35)36)9(19,20)10(21,22)11(23,24)12(25,26)13(27,28)14(29,30)15(31,32)33/h1-2,4,35-36H,3,5H2. The first-order valence-corrected chi connectivity index (χ1v) is 8.80. The van der Waals surface area contributed by atoms with Gasteiger partial charge < -0.3 is 14.8 Å². The second kappa shape index (κ2) is 9.49. The van der Waals surface area contributed by atoms with Crippen LogP contribution in [-0.2, 0) is 0 Å². The maximum absolute atomic E-state index is 13.8. The molecule has 1 aromatic rings. The number of hydrogen-bond donors (Lipinski definition) is 2. The Labute approximate surface area is 193 Å². The molecule has 0 bridgehead atoms. The molecule has 0 saturated carbocycles. The lowest BCUT2D eigenvalue weighted by Crippen LogP contribution is -2.74. The molecule has 0 unspecified atom stereocenters. The highest BCUT2D eigenvalue weighted by Crippen LogP contribution is 2.64. The van der Waals surface area contributed by atoms with Crippen LogP contribution in [0.5, 0.6) is 5.75 Å². The summed E-state index contributed by atoms with van der Waals surface area (Å²) in [7, 11) is -2.50. The molecule has 1 heterocycles. The van der Waals surface area contributed by atoms with Crippen LogP contribution in [0, 0.1) is 0 Å². The summed E-state index contributed by atoms with van der Waals surface area (Å²) in [6.45, 7) is -1.94. The van der Waals surface area contributed by atoms with Crippen LogP contribution in [0.3, 0.4) is 0 Å². The zero-order valence-corrected chi connectivity index (χ0v) is 16.9. The Balaban J connectivity index is 3.37. The quantitative estimate of drug-likeness (QED) is 0.296. The third-order valence-electron chi connectivity index (χ3n) is 4.51. The molecule has 22 heteroatoms. The van der Waals surface area contributed by atoms with E-state index in [4.69, 9.17) is 10.0 Å². The van der Waals surface area contributed by atoms with Crippen molar-refractivity contribution < 1.29 is 89.4 Å². The Morgan fingerprint density at radius 1 is 0.649 bits per heavy atom. The summed E-state index contributed by atoms with van der Waals surface area (Å²) in [6.07, 6.45) is -9.81. The van der Waals surface area contributed by atoms with E-state index in [2.05, 4.69) is 9.72 Å². The lowest BCUT2D eigenvalue weighted by Gasteiger charge is -2.42. The molecular weight excluding hydrogens is 576 g/mol. The molecule has 214 valence electrons. The molecule has 0 atom stereocenters. The topological polar surface area (TPSA) is 62.6 Å². The van der Waals surface area contributed by atoms with E-state index < -0.39 is 79.1 Å². The lowest BCUT2D eigenvalue weighted by molar-refractivity contribution is -0.461. The molecule has 37 heavy (non-hydrogen) atoms. The summed E-state index contributed by atoms with van der Waals surface area (Å²) >= 11 is 0. The summed E-state index contributed by atoms with van der Waals surface area (Å²) in [5.41, 5.74) is -0.887. The van der Waals surface area contributed by atoms with Gasteiger partial charge in [-0.15, -0.1) is 0 Å². The van der Waals surface area contributed by atoms with Crippen LogP contribution in [0.15, 0.2) is 18.3 Å². The summed E-state index contributed by atoms with van der Waals surface area (Å²) in [4.78, 5) is 3.23. The van der Waals surface area contributed by atoms with Gasteiger partial charge in [-0.3, -0.25) is 4.98 Å². The predicted octanol–water partition coefficient (Wildman–Crippen LogP) is 4.54. The van der Waals surface area contributed by atoms with Gasteiger partial charge in [-0.25, -0.2) is 0 Å². The molecule has 0 spiro atoms. The molecule has 2 N–H and O–H groups in total. The van der Waals surface area contributed by atoms with Crippen molar-refractivity contribution in [1.82, 2.24) is 4.98 Å². The molecule has 0 aliphatic heterocycles. The normalized spacial score (nSPS) is 15.1. The van der Waals surface area contributed by atoms with E-state index in [-0.39, 0.29) is 0 Å². The third-order valence-corrected chi connectivity index (χ3v) is 4.51. The van der Waals surface area contributed by atoms with Gasteiger partial charge in [0.1, 0.15) is 11.3 Å². The fraction of sp³-hybridized carbons (Fsp3) is 0.667. The number of pyridine rings is 1. The van der Waals surface area contributed by atoms with Gasteiger partial charge in [-0.1, -0.05) is 0 Å². The number of hydrogen-bond acceptors (Lipinski definition) is 4. The predicted molar refractivity (Wildman–Crippen MR) is 84.9 cm³/mol.